The van der Waals surface area contributed by atoms with Crippen molar-refractivity contribution in [2.75, 3.05) is 0 Å². The van der Waals surface area contributed by atoms with Gasteiger partial charge in [-0.3, -0.25) is 4.99 Å². The van der Waals surface area contributed by atoms with Crippen LogP contribution in [0.5, 0.6) is 0 Å². The van der Waals surface area contributed by atoms with E-state index in [1.807, 2.05) is 0 Å². The Balaban J connectivity index is 1.86. The first kappa shape index (κ1) is 13.9. The quantitative estimate of drug-likeness (QED) is 0.645. The molecule has 0 heterocycles. The van der Waals surface area contributed by atoms with Gasteiger partial charge in [-0.25, -0.2) is 0 Å². The van der Waals surface area contributed by atoms with Gasteiger partial charge in [0.1, 0.15) is 0 Å². The van der Waals surface area contributed by atoms with Crippen molar-refractivity contribution >= 4 is 5.96 Å². The molecule has 0 aromatic heterocycles. The lowest BCUT2D eigenvalue weighted by atomic mass is 9.75. The maximum Gasteiger partial charge on any atom is 0.189 e. The summed E-state index contributed by atoms with van der Waals surface area (Å²) in [6.45, 7) is 6.45. The Morgan fingerprint density at radius 3 is 2.74 bits per heavy atom. The molecule has 3 nitrogen and oxygen atoms in total. The van der Waals surface area contributed by atoms with E-state index in [0.29, 0.717) is 24.0 Å². The normalized spacial score (nSPS) is 24.7. The molecule has 104 valence electrons. The highest BCUT2D eigenvalue weighted by Gasteiger charge is 2.30. The molecular formula is C16H25N3. The Hall–Kier alpha value is -1.51. The number of aliphatic imine (C=N–C) groups is 1. The molecule has 0 radical (unpaired) electrons. The molecule has 3 N–H and O–H groups in total. The van der Waals surface area contributed by atoms with Gasteiger partial charge in [0.2, 0.25) is 0 Å². The van der Waals surface area contributed by atoms with Crippen LogP contribution in [0.3, 0.4) is 0 Å². The van der Waals surface area contributed by atoms with Crippen LogP contribution < -0.4 is 11.1 Å². The van der Waals surface area contributed by atoms with Crippen molar-refractivity contribution in [1.82, 2.24) is 5.32 Å². The molecule has 1 aromatic rings. The molecule has 1 unspecified atom stereocenters. The number of hydrogen-bond donors (Lipinski definition) is 2. The average Bonchev–Trinajstić information content (AvgIpc) is 2.34. The van der Waals surface area contributed by atoms with Crippen LogP contribution in [0.2, 0.25) is 0 Å². The van der Waals surface area contributed by atoms with E-state index < -0.39 is 0 Å². The molecule has 0 saturated heterocycles. The molecule has 1 aliphatic rings. The van der Waals surface area contributed by atoms with Crippen molar-refractivity contribution in [1.29, 1.82) is 0 Å². The Labute approximate surface area is 116 Å². The van der Waals surface area contributed by atoms with Gasteiger partial charge in [0.15, 0.2) is 5.96 Å². The van der Waals surface area contributed by atoms with Crippen LogP contribution in [-0.4, -0.2) is 18.0 Å². The standard InChI is InChI=1S/C16H25N3/c1-4-12(3)18-16(17)19-14-9-13(10-14)15-8-6-5-7-11(15)2/h5-8,12-14H,4,9-10H2,1-3H3,(H3,17,18,19). The Kier molecular flexibility index (Phi) is 4.46. The molecule has 1 saturated carbocycles. The average molecular weight is 259 g/mol. The molecule has 3 heteroatoms. The Morgan fingerprint density at radius 1 is 1.42 bits per heavy atom. The number of benzene rings is 1. The SMILES string of the molecule is CCC(C)NC(N)=NC1CC(c2ccccc2C)C1. The van der Waals surface area contributed by atoms with Crippen LogP contribution in [-0.2, 0) is 0 Å². The lowest BCUT2D eigenvalue weighted by Crippen LogP contribution is -2.40. The number of nitrogens with one attached hydrogen (secondary N) is 1. The van der Waals surface area contributed by atoms with E-state index in [4.69, 9.17) is 5.73 Å². The van der Waals surface area contributed by atoms with Crippen molar-refractivity contribution in [2.45, 2.75) is 58.0 Å². The molecule has 2 rings (SSSR count). The number of rotatable bonds is 4. The van der Waals surface area contributed by atoms with E-state index in [1.165, 1.54) is 11.1 Å². The molecule has 1 aromatic carbocycles. The highest BCUT2D eigenvalue weighted by atomic mass is 15.1. The number of guanidine groups is 1. The van der Waals surface area contributed by atoms with Crippen molar-refractivity contribution < 1.29 is 0 Å². The smallest absolute Gasteiger partial charge is 0.189 e. The van der Waals surface area contributed by atoms with Crippen LogP contribution in [0.25, 0.3) is 0 Å². The van der Waals surface area contributed by atoms with Gasteiger partial charge in [0.25, 0.3) is 0 Å². The van der Waals surface area contributed by atoms with Gasteiger partial charge in [-0.15, -0.1) is 0 Å². The van der Waals surface area contributed by atoms with Gasteiger partial charge >= 0.3 is 0 Å². The van der Waals surface area contributed by atoms with E-state index in [9.17, 15) is 0 Å². The summed E-state index contributed by atoms with van der Waals surface area (Å²) in [6, 6.07) is 9.43. The topological polar surface area (TPSA) is 50.4 Å². The summed E-state index contributed by atoms with van der Waals surface area (Å²) < 4.78 is 0. The van der Waals surface area contributed by atoms with Crippen molar-refractivity contribution in [3.8, 4) is 0 Å². The van der Waals surface area contributed by atoms with Crippen LogP contribution >= 0.6 is 0 Å². The fraction of sp³-hybridized carbons (Fsp3) is 0.562. The molecule has 0 amide bonds. The summed E-state index contributed by atoms with van der Waals surface area (Å²) in [5.41, 5.74) is 8.78. The Morgan fingerprint density at radius 2 is 2.11 bits per heavy atom. The maximum absolute atomic E-state index is 5.91. The first-order chi connectivity index (χ1) is 9.10. The summed E-state index contributed by atoms with van der Waals surface area (Å²) in [5, 5.41) is 3.22. The summed E-state index contributed by atoms with van der Waals surface area (Å²) in [7, 11) is 0. The summed E-state index contributed by atoms with van der Waals surface area (Å²) >= 11 is 0. The predicted molar refractivity (Wildman–Crippen MR) is 81.5 cm³/mol. The van der Waals surface area contributed by atoms with E-state index in [0.717, 1.165) is 19.3 Å². The van der Waals surface area contributed by atoms with Crippen LogP contribution in [0.15, 0.2) is 29.3 Å². The number of nitrogens with two attached hydrogens (primary N) is 1. The fourth-order valence-corrected chi connectivity index (χ4v) is 2.58. The third kappa shape index (κ3) is 3.49. The lowest BCUT2D eigenvalue weighted by Gasteiger charge is -2.34. The summed E-state index contributed by atoms with van der Waals surface area (Å²) in [4.78, 5) is 4.56. The van der Waals surface area contributed by atoms with Crippen molar-refractivity contribution in [2.24, 2.45) is 10.7 Å². The monoisotopic (exact) mass is 259 g/mol. The van der Waals surface area contributed by atoms with Gasteiger partial charge in [0.05, 0.1) is 6.04 Å². The van der Waals surface area contributed by atoms with Crippen LogP contribution in [0.1, 0.15) is 50.2 Å². The molecule has 1 aliphatic carbocycles. The minimum atomic E-state index is 0.390. The van der Waals surface area contributed by atoms with E-state index in [1.54, 1.807) is 0 Å². The second-order valence-corrected chi connectivity index (χ2v) is 5.65. The zero-order chi connectivity index (χ0) is 13.8. The van der Waals surface area contributed by atoms with Crippen molar-refractivity contribution in [3.05, 3.63) is 35.4 Å². The van der Waals surface area contributed by atoms with Gasteiger partial charge in [0, 0.05) is 6.04 Å². The molecule has 19 heavy (non-hydrogen) atoms. The van der Waals surface area contributed by atoms with Crippen LogP contribution in [0.4, 0.5) is 0 Å². The Bertz CT molecular complexity index is 447. The van der Waals surface area contributed by atoms with Gasteiger partial charge < -0.3 is 11.1 Å². The number of aryl methyl sites for hydroxylation is 1. The molecule has 0 aliphatic heterocycles. The van der Waals surface area contributed by atoms with Crippen molar-refractivity contribution in [3.63, 3.8) is 0 Å². The van der Waals surface area contributed by atoms with Gasteiger partial charge in [-0.05, 0) is 50.2 Å². The molecule has 1 fully saturated rings. The van der Waals surface area contributed by atoms with E-state index >= 15 is 0 Å². The highest BCUT2D eigenvalue weighted by molar-refractivity contribution is 5.78. The second kappa shape index (κ2) is 6.09. The second-order valence-electron chi connectivity index (χ2n) is 5.65. The number of nitrogens with zero attached hydrogens (tertiary/aromatic N) is 1. The first-order valence-electron chi connectivity index (χ1n) is 7.25. The molecule has 0 spiro atoms. The minimum absolute atomic E-state index is 0.390. The molecular weight excluding hydrogens is 234 g/mol. The zero-order valence-electron chi connectivity index (χ0n) is 12.2. The fourth-order valence-electron chi connectivity index (χ4n) is 2.58. The largest absolute Gasteiger partial charge is 0.370 e. The summed E-state index contributed by atoms with van der Waals surface area (Å²) in [6.07, 6.45) is 3.30. The third-order valence-corrected chi connectivity index (χ3v) is 4.07. The van der Waals surface area contributed by atoms with E-state index in [2.05, 4.69) is 55.3 Å². The predicted octanol–water partition coefficient (Wildman–Crippen LogP) is 2.94. The first-order valence-corrected chi connectivity index (χ1v) is 7.25. The highest BCUT2D eigenvalue weighted by Crippen LogP contribution is 2.39. The van der Waals surface area contributed by atoms with Gasteiger partial charge in [-0.2, -0.15) is 0 Å². The lowest BCUT2D eigenvalue weighted by molar-refractivity contribution is 0.351. The molecule has 0 bridgehead atoms. The minimum Gasteiger partial charge on any atom is -0.370 e. The van der Waals surface area contributed by atoms with Crippen LogP contribution in [0, 0.1) is 6.92 Å². The number of hydrogen-bond acceptors (Lipinski definition) is 1. The van der Waals surface area contributed by atoms with Gasteiger partial charge in [-0.1, -0.05) is 31.2 Å². The summed E-state index contributed by atoms with van der Waals surface area (Å²) in [5.74, 6) is 1.26. The third-order valence-electron chi connectivity index (χ3n) is 4.07. The zero-order valence-corrected chi connectivity index (χ0v) is 12.2. The maximum atomic E-state index is 5.91. The molecule has 1 atom stereocenters. The van der Waals surface area contributed by atoms with E-state index in [-0.39, 0.29) is 0 Å².